The Morgan fingerprint density at radius 2 is 1.58 bits per heavy atom. The highest BCUT2D eigenvalue weighted by Crippen LogP contribution is 2.66. The van der Waals surface area contributed by atoms with Gasteiger partial charge in [0.2, 0.25) is 0 Å². The number of hydrogen-bond acceptors (Lipinski definition) is 18. The summed E-state index contributed by atoms with van der Waals surface area (Å²) in [5, 5.41) is 71.4. The number of allylic oxidation sites excluding steroid dienone is 4. The van der Waals surface area contributed by atoms with Crippen LogP contribution in [0.4, 0.5) is 0 Å². The normalized spacial score (nSPS) is 44.3. The van der Waals surface area contributed by atoms with Gasteiger partial charge in [0.1, 0.15) is 35.8 Å². The molecular formula is C59H97N3O15. The number of aliphatic hydroxyl groups is 6. The molecule has 0 aromatic rings. The number of hydrogen-bond donors (Lipinski definition) is 6. The van der Waals surface area contributed by atoms with Crippen LogP contribution in [0, 0.1) is 46.3 Å². The van der Waals surface area contributed by atoms with Crippen LogP contribution in [0.3, 0.4) is 0 Å². The van der Waals surface area contributed by atoms with Crippen molar-refractivity contribution in [1.82, 2.24) is 14.7 Å². The zero-order chi connectivity index (χ0) is 57.5. The predicted molar refractivity (Wildman–Crippen MR) is 288 cm³/mol. The molecule has 0 radical (unpaired) electrons. The Morgan fingerprint density at radius 3 is 2.23 bits per heavy atom. The highest BCUT2D eigenvalue weighted by Gasteiger charge is 2.68. The van der Waals surface area contributed by atoms with E-state index in [-0.39, 0.29) is 105 Å². The van der Waals surface area contributed by atoms with Gasteiger partial charge in [-0.3, -0.25) is 28.9 Å². The quantitative estimate of drug-likeness (QED) is 0.0995. The second kappa shape index (κ2) is 24.6. The fourth-order valence-electron chi connectivity index (χ4n) is 15.3. The molecule has 2 saturated carbocycles. The number of Topliss-reactive ketones (excluding diaryl/α,β-unsaturated/α-hetero) is 2. The van der Waals surface area contributed by atoms with Gasteiger partial charge in [0.05, 0.1) is 48.4 Å². The molecule has 6 aliphatic rings. The first-order valence-corrected chi connectivity index (χ1v) is 28.7. The summed E-state index contributed by atoms with van der Waals surface area (Å²) in [4.78, 5) is 72.1. The van der Waals surface area contributed by atoms with Crippen LogP contribution in [0.25, 0.3) is 0 Å². The molecular weight excluding hydrogens is 991 g/mol. The number of aliphatic hydroxyl groups excluding tert-OH is 3. The molecule has 18 nitrogen and oxygen atoms in total. The first kappa shape index (κ1) is 63.2. The maximum atomic E-state index is 13.9. The van der Waals surface area contributed by atoms with E-state index in [1.807, 2.05) is 64.8 Å². The molecule has 2 aliphatic heterocycles. The number of carbonyl (C=O) groups is 5. The maximum absolute atomic E-state index is 13.9. The average Bonchev–Trinajstić information content (AvgIpc) is 3.63. The van der Waals surface area contributed by atoms with Crippen LogP contribution in [-0.2, 0) is 42.9 Å². The third kappa shape index (κ3) is 12.9. The van der Waals surface area contributed by atoms with Gasteiger partial charge in [-0.15, -0.1) is 0 Å². The first-order valence-electron chi connectivity index (χ1n) is 28.7. The Kier molecular flexibility index (Phi) is 20.2. The van der Waals surface area contributed by atoms with Crippen LogP contribution >= 0.6 is 0 Å². The van der Waals surface area contributed by atoms with E-state index in [9.17, 15) is 54.6 Å². The smallest absolute Gasteiger partial charge is 0.311 e. The van der Waals surface area contributed by atoms with Crippen LogP contribution in [0.15, 0.2) is 23.8 Å². The highest BCUT2D eigenvalue weighted by molar-refractivity contribution is 5.94. The van der Waals surface area contributed by atoms with Crippen molar-refractivity contribution in [3.8, 4) is 0 Å². The van der Waals surface area contributed by atoms with E-state index in [0.29, 0.717) is 38.8 Å². The zero-order valence-corrected chi connectivity index (χ0v) is 48.8. The molecule has 77 heavy (non-hydrogen) atoms. The van der Waals surface area contributed by atoms with Crippen LogP contribution < -0.4 is 0 Å². The van der Waals surface area contributed by atoms with E-state index in [0.717, 1.165) is 5.57 Å². The Hall–Kier alpha value is -3.01. The lowest BCUT2D eigenvalue weighted by Crippen LogP contribution is -2.63. The number of likely N-dealkylation sites (N-methyl/N-ethyl adjacent to an activating group) is 3. The maximum Gasteiger partial charge on any atom is 0.311 e. The van der Waals surface area contributed by atoms with Gasteiger partial charge in [-0.2, -0.15) is 0 Å². The highest BCUT2D eigenvalue weighted by atomic mass is 16.7. The molecule has 0 spiro atoms. The Labute approximate surface area is 458 Å². The number of esters is 2. The molecule has 2 saturated heterocycles. The van der Waals surface area contributed by atoms with Crippen LogP contribution in [0.1, 0.15) is 146 Å². The lowest BCUT2D eigenvalue weighted by Gasteiger charge is -2.59. The summed E-state index contributed by atoms with van der Waals surface area (Å²) >= 11 is 0. The molecule has 4 aliphatic carbocycles. The van der Waals surface area contributed by atoms with E-state index in [4.69, 9.17) is 18.9 Å². The third-order valence-electron chi connectivity index (χ3n) is 20.0. The lowest BCUT2D eigenvalue weighted by atomic mass is 9.47. The monoisotopic (exact) mass is 1090 g/mol. The molecule has 0 aromatic heterocycles. The standard InChI is InChI=1S/C59H97N3O15/c1-15-46-58(10,72)51(69)37(6)62(14)32-33(2)30-57(9,71)52(35(4)50(68)36(5)53(70)76-46)77-54-49(60(11)12)43(28-34(3)75-54)61(13)26-27-74-47(67)21-18-39(63)17-20-45(66)59(73)25-23-42-41-19-16-38-29-40(64)22-24-55(38,7)48(41)44(65)31-56(42,59)8/h16,22,24,33-37,41-44,46,48-52,54,65,68-69,71-73H,15,17-21,23,25-32H2,1-14H3/t33-,34-,35+,36-,37-,41+,42?,43-,44+,46-,48?,49+,50+,51-,52-,54+,55+,56+,57-,58-,59+/m1/s1. The molecule has 2 heterocycles. The molecule has 21 atom stereocenters. The molecule has 0 aromatic carbocycles. The minimum atomic E-state index is -1.81. The van der Waals surface area contributed by atoms with E-state index >= 15 is 0 Å². The molecule has 438 valence electrons. The van der Waals surface area contributed by atoms with Crippen molar-refractivity contribution in [2.75, 3.05) is 47.9 Å². The van der Waals surface area contributed by atoms with Crippen molar-refractivity contribution >= 4 is 29.3 Å². The zero-order valence-electron chi connectivity index (χ0n) is 48.8. The summed E-state index contributed by atoms with van der Waals surface area (Å²) < 4.78 is 25.0. The number of ether oxygens (including phenoxy) is 4. The third-order valence-corrected chi connectivity index (χ3v) is 20.0. The van der Waals surface area contributed by atoms with Gasteiger partial charge in [-0.05, 0) is 132 Å². The number of rotatable bonds is 15. The van der Waals surface area contributed by atoms with E-state index in [1.54, 1.807) is 33.8 Å². The summed E-state index contributed by atoms with van der Waals surface area (Å²) in [6, 6.07) is -1.20. The first-order chi connectivity index (χ1) is 35.7. The SMILES string of the molecule is CC[C@H]1OC(=O)[C@H](C)[C@@H](O)[C@H](C)[C@@H](O[C@@H]2O[C@H](C)C[C@@H](N(C)CCOC(=O)CCC(=O)CCC(=O)[C@@]3(O)CCC4[C@@H]5CC=C6CC(=O)C=C[C@]6(C)C5[C@@H](O)C[C@@]43C)[C@@H]2N(C)C)[C@](C)(O)C[C@@H](C)CN(C)[C@H](C)[C@@H](O)[C@]1(C)O. The Morgan fingerprint density at radius 1 is 0.922 bits per heavy atom. The van der Waals surface area contributed by atoms with Gasteiger partial charge < -0.3 is 59.4 Å². The Balaban J connectivity index is 1.04. The number of carbonyl (C=O) groups excluding carboxylic acids is 5. The van der Waals surface area contributed by atoms with E-state index < -0.39 is 106 Å². The van der Waals surface area contributed by atoms with Gasteiger partial charge >= 0.3 is 11.9 Å². The summed E-state index contributed by atoms with van der Waals surface area (Å²) in [7, 11) is 7.53. The fraction of sp³-hybridized carbons (Fsp3) is 0.847. The minimum Gasteiger partial charge on any atom is -0.464 e. The number of cyclic esters (lactones) is 1. The van der Waals surface area contributed by atoms with Gasteiger partial charge in [-0.25, -0.2) is 0 Å². The average molecular weight is 1090 g/mol. The summed E-state index contributed by atoms with van der Waals surface area (Å²) in [6.45, 7) is 18.6. The van der Waals surface area contributed by atoms with Crippen LogP contribution in [0.5, 0.6) is 0 Å². The number of nitrogens with zero attached hydrogens (tertiary/aromatic N) is 3. The van der Waals surface area contributed by atoms with Crippen molar-refractivity contribution in [3.05, 3.63) is 23.8 Å². The topological polar surface area (TPSA) is 253 Å². The lowest BCUT2D eigenvalue weighted by molar-refractivity contribution is -0.287. The molecule has 6 rings (SSSR count). The number of ketones is 3. The van der Waals surface area contributed by atoms with Crippen LogP contribution in [0.2, 0.25) is 0 Å². The van der Waals surface area contributed by atoms with Crippen molar-refractivity contribution in [1.29, 1.82) is 0 Å². The van der Waals surface area contributed by atoms with Crippen molar-refractivity contribution in [2.45, 2.75) is 224 Å². The Bertz CT molecular complexity index is 2180. The van der Waals surface area contributed by atoms with Gasteiger partial charge in [0, 0.05) is 73.5 Å². The fourth-order valence-corrected chi connectivity index (χ4v) is 15.3. The molecule has 6 N–H and O–H groups in total. The van der Waals surface area contributed by atoms with Gasteiger partial charge in [0.25, 0.3) is 0 Å². The molecule has 18 heteroatoms. The van der Waals surface area contributed by atoms with Crippen LogP contribution in [-0.4, -0.2) is 200 Å². The number of fused-ring (bicyclic) bond motifs is 5. The molecule has 0 amide bonds. The van der Waals surface area contributed by atoms with Crippen molar-refractivity contribution in [3.63, 3.8) is 0 Å². The van der Waals surface area contributed by atoms with E-state index in [1.165, 1.54) is 13.8 Å². The van der Waals surface area contributed by atoms with Gasteiger partial charge in [0.15, 0.2) is 17.9 Å². The van der Waals surface area contributed by atoms with Crippen molar-refractivity contribution in [2.24, 2.45) is 46.3 Å². The van der Waals surface area contributed by atoms with E-state index in [2.05, 4.69) is 17.9 Å². The minimum absolute atomic E-state index is 0.0232. The summed E-state index contributed by atoms with van der Waals surface area (Å²) in [5.41, 5.74) is -5.40. The van der Waals surface area contributed by atoms with Crippen molar-refractivity contribution < 1.29 is 73.6 Å². The molecule has 4 fully saturated rings. The van der Waals surface area contributed by atoms with Gasteiger partial charge in [-0.1, -0.05) is 52.3 Å². The second-order valence-corrected chi connectivity index (χ2v) is 25.9. The summed E-state index contributed by atoms with van der Waals surface area (Å²) in [6.07, 6.45) is 1.36. The predicted octanol–water partition coefficient (Wildman–Crippen LogP) is 4.17. The largest absolute Gasteiger partial charge is 0.464 e. The second-order valence-electron chi connectivity index (χ2n) is 25.9. The summed E-state index contributed by atoms with van der Waals surface area (Å²) in [5.74, 6) is -4.23. The molecule has 2 unspecified atom stereocenters. The molecule has 0 bridgehead atoms.